The number of thioether (sulfide) groups is 1. The molecule has 2 aromatic rings. The van der Waals surface area contributed by atoms with Crippen LogP contribution in [0.4, 0.5) is 0 Å². The number of carbonyl (C=O) groups excluding carboxylic acids is 1. The summed E-state index contributed by atoms with van der Waals surface area (Å²) in [6.07, 6.45) is 0. The van der Waals surface area contributed by atoms with Crippen LogP contribution >= 0.6 is 11.8 Å². The van der Waals surface area contributed by atoms with Gasteiger partial charge in [0.05, 0.1) is 31.8 Å². The third-order valence-corrected chi connectivity index (χ3v) is 8.44. The molecule has 4 rings (SSSR count). The van der Waals surface area contributed by atoms with Crippen LogP contribution in [0.3, 0.4) is 0 Å². The lowest BCUT2D eigenvalue weighted by Gasteiger charge is -2.25. The number of rotatable bonds is 5. The van der Waals surface area contributed by atoms with Crippen molar-refractivity contribution >= 4 is 32.7 Å². The van der Waals surface area contributed by atoms with E-state index in [2.05, 4.69) is 4.99 Å². The smallest absolute Gasteiger partial charge is 0.279 e. The van der Waals surface area contributed by atoms with Crippen molar-refractivity contribution in [3.05, 3.63) is 59.7 Å². The number of nitrogens with zero attached hydrogens (tertiary/aromatic N) is 2. The molecular weight excluding hydrogens is 424 g/mol. The number of hydrogen-bond donors (Lipinski definition) is 0. The fourth-order valence-electron chi connectivity index (χ4n) is 3.73. The second-order valence-corrected chi connectivity index (χ2v) is 10.5. The lowest BCUT2D eigenvalue weighted by Crippen LogP contribution is -2.37. The predicted octanol–water partition coefficient (Wildman–Crippen LogP) is 2.61. The molecule has 1 amide bonds. The van der Waals surface area contributed by atoms with Crippen molar-refractivity contribution < 1.29 is 22.7 Å². The molecule has 2 heterocycles. The minimum absolute atomic E-state index is 0.0660. The number of hydrogen-bond acceptors (Lipinski definition) is 6. The van der Waals surface area contributed by atoms with Gasteiger partial charge in [0.2, 0.25) is 0 Å². The Balaban J connectivity index is 1.65. The second-order valence-electron chi connectivity index (χ2n) is 7.18. The summed E-state index contributed by atoms with van der Waals surface area (Å²) in [5.74, 6) is 1.04. The van der Waals surface area contributed by atoms with E-state index >= 15 is 0 Å². The summed E-state index contributed by atoms with van der Waals surface area (Å²) < 4.78 is 35.1. The van der Waals surface area contributed by atoms with E-state index in [-0.39, 0.29) is 28.7 Å². The van der Waals surface area contributed by atoms with Crippen molar-refractivity contribution in [1.82, 2.24) is 4.90 Å². The Morgan fingerprint density at radius 2 is 1.83 bits per heavy atom. The summed E-state index contributed by atoms with van der Waals surface area (Å²) in [6, 6.07) is 14.2. The molecule has 0 unspecified atom stereocenters. The monoisotopic (exact) mass is 446 g/mol. The van der Waals surface area contributed by atoms with Crippen LogP contribution in [-0.4, -0.2) is 61.4 Å². The number of sulfone groups is 1. The van der Waals surface area contributed by atoms with Crippen molar-refractivity contribution in [3.63, 3.8) is 0 Å². The summed E-state index contributed by atoms with van der Waals surface area (Å²) in [5, 5.41) is 0.431. The largest absolute Gasteiger partial charge is 0.493 e. The van der Waals surface area contributed by atoms with E-state index in [4.69, 9.17) is 9.47 Å². The molecule has 0 saturated carbocycles. The highest BCUT2D eigenvalue weighted by molar-refractivity contribution is 8.15. The Kier molecular flexibility index (Phi) is 5.75. The lowest BCUT2D eigenvalue weighted by atomic mass is 10.1. The number of fused-ring (bicyclic) bond motifs is 1. The zero-order valence-corrected chi connectivity index (χ0v) is 18.3. The van der Waals surface area contributed by atoms with Gasteiger partial charge in [-0.25, -0.2) is 8.42 Å². The third kappa shape index (κ3) is 4.17. The first-order valence-electron chi connectivity index (χ1n) is 9.43. The van der Waals surface area contributed by atoms with E-state index in [9.17, 15) is 13.2 Å². The molecule has 7 nitrogen and oxygen atoms in total. The van der Waals surface area contributed by atoms with Crippen molar-refractivity contribution in [2.45, 2.75) is 17.8 Å². The molecule has 2 aromatic carbocycles. The minimum atomic E-state index is -3.11. The molecule has 0 aliphatic carbocycles. The highest BCUT2D eigenvalue weighted by atomic mass is 32.2. The molecule has 0 N–H and O–H groups in total. The molecule has 0 bridgehead atoms. The second kappa shape index (κ2) is 8.31. The Hall–Kier alpha value is -2.52. The van der Waals surface area contributed by atoms with Crippen LogP contribution in [0.1, 0.15) is 15.9 Å². The van der Waals surface area contributed by atoms with Crippen molar-refractivity contribution in [2.75, 3.05) is 25.7 Å². The maximum atomic E-state index is 12.6. The van der Waals surface area contributed by atoms with Crippen LogP contribution in [-0.2, 0) is 16.4 Å². The van der Waals surface area contributed by atoms with Crippen molar-refractivity contribution in [1.29, 1.82) is 0 Å². The molecular formula is C21H22N2O5S2. The van der Waals surface area contributed by atoms with Gasteiger partial charge in [-0.15, -0.1) is 0 Å². The Labute approximate surface area is 180 Å². The topological polar surface area (TPSA) is 85.3 Å². The molecule has 2 fully saturated rings. The molecule has 158 valence electrons. The van der Waals surface area contributed by atoms with Gasteiger partial charge in [-0.1, -0.05) is 36.0 Å². The molecule has 2 aliphatic rings. The molecule has 2 aliphatic heterocycles. The van der Waals surface area contributed by atoms with Gasteiger partial charge in [-0.3, -0.25) is 4.79 Å². The van der Waals surface area contributed by atoms with E-state index in [0.717, 1.165) is 5.56 Å². The molecule has 2 atom stereocenters. The maximum absolute atomic E-state index is 12.6. The van der Waals surface area contributed by atoms with Gasteiger partial charge in [0.1, 0.15) is 0 Å². The summed E-state index contributed by atoms with van der Waals surface area (Å²) in [4.78, 5) is 18.9. The predicted molar refractivity (Wildman–Crippen MR) is 117 cm³/mol. The Bertz CT molecular complexity index is 1090. The summed E-state index contributed by atoms with van der Waals surface area (Å²) in [7, 11) is 0.0344. The van der Waals surface area contributed by atoms with E-state index in [0.29, 0.717) is 28.8 Å². The number of aliphatic imine (C=N–C) groups is 1. The van der Waals surface area contributed by atoms with Crippen LogP contribution in [0.5, 0.6) is 11.5 Å². The first-order chi connectivity index (χ1) is 14.4. The quantitative estimate of drug-likeness (QED) is 0.698. The first kappa shape index (κ1) is 20.7. The van der Waals surface area contributed by atoms with Crippen LogP contribution < -0.4 is 9.47 Å². The van der Waals surface area contributed by atoms with Gasteiger partial charge in [0, 0.05) is 17.4 Å². The zero-order chi connectivity index (χ0) is 21.3. The summed E-state index contributed by atoms with van der Waals surface area (Å²) >= 11 is 1.37. The average molecular weight is 447 g/mol. The highest BCUT2D eigenvalue weighted by Crippen LogP contribution is 2.39. The van der Waals surface area contributed by atoms with Gasteiger partial charge in [-0.05, 0) is 29.8 Å². The Morgan fingerprint density at radius 1 is 1.10 bits per heavy atom. The van der Waals surface area contributed by atoms with Crippen LogP contribution in [0.15, 0.2) is 53.5 Å². The molecule has 0 aromatic heterocycles. The molecule has 2 saturated heterocycles. The standard InChI is InChI=1S/C21H22N2O5S2/c1-27-17-9-8-14(10-18(17)28-2)11-23-16-12-30(25,26)13-19(16)29-21(23)22-20(24)15-6-4-3-5-7-15/h3-10,16,19H,11-13H2,1-2H3/t16-,19+/m0/s1. The highest BCUT2D eigenvalue weighted by Gasteiger charge is 2.48. The number of ether oxygens (including phenoxy) is 2. The number of methoxy groups -OCH3 is 2. The fraction of sp³-hybridized carbons (Fsp3) is 0.333. The van der Waals surface area contributed by atoms with E-state index in [1.54, 1.807) is 38.5 Å². The van der Waals surface area contributed by atoms with Crippen molar-refractivity contribution in [3.8, 4) is 11.5 Å². The van der Waals surface area contributed by atoms with E-state index < -0.39 is 9.84 Å². The minimum Gasteiger partial charge on any atom is -0.493 e. The van der Waals surface area contributed by atoms with Gasteiger partial charge in [0.15, 0.2) is 26.5 Å². The first-order valence-corrected chi connectivity index (χ1v) is 12.1. The fourth-order valence-corrected chi connectivity index (χ4v) is 7.68. The molecule has 0 spiro atoms. The van der Waals surface area contributed by atoms with Crippen molar-refractivity contribution in [2.24, 2.45) is 4.99 Å². The van der Waals surface area contributed by atoms with Crippen LogP contribution in [0, 0.1) is 0 Å². The van der Waals surface area contributed by atoms with Gasteiger partial charge in [0.25, 0.3) is 5.91 Å². The van der Waals surface area contributed by atoms with Gasteiger partial charge in [-0.2, -0.15) is 4.99 Å². The SMILES string of the molecule is COc1ccc(CN2C(=NC(=O)c3ccccc3)S[C@@H]3CS(=O)(=O)C[C@@H]32)cc1OC. The van der Waals surface area contributed by atoms with E-state index in [1.807, 2.05) is 29.2 Å². The zero-order valence-electron chi connectivity index (χ0n) is 16.6. The van der Waals surface area contributed by atoms with E-state index in [1.165, 1.54) is 11.8 Å². The molecule has 30 heavy (non-hydrogen) atoms. The van der Waals surface area contributed by atoms with Gasteiger partial charge >= 0.3 is 0 Å². The normalized spacial score (nSPS) is 23.4. The molecule has 9 heteroatoms. The number of amidine groups is 1. The Morgan fingerprint density at radius 3 is 2.53 bits per heavy atom. The molecule has 0 radical (unpaired) electrons. The average Bonchev–Trinajstić information content (AvgIpc) is 3.20. The van der Waals surface area contributed by atoms with Crippen LogP contribution in [0.25, 0.3) is 0 Å². The maximum Gasteiger partial charge on any atom is 0.279 e. The van der Waals surface area contributed by atoms with Crippen LogP contribution in [0.2, 0.25) is 0 Å². The number of amides is 1. The summed E-state index contributed by atoms with van der Waals surface area (Å²) in [6.45, 7) is 0.422. The third-order valence-electron chi connectivity index (χ3n) is 5.19. The lowest BCUT2D eigenvalue weighted by molar-refractivity contribution is 0.100. The number of carbonyl (C=O) groups is 1. The summed E-state index contributed by atoms with van der Waals surface area (Å²) in [5.41, 5.74) is 1.42. The number of benzene rings is 2. The van der Waals surface area contributed by atoms with Gasteiger partial charge < -0.3 is 14.4 Å².